The van der Waals surface area contributed by atoms with E-state index in [1.165, 1.54) is 10.4 Å². The molecule has 0 saturated carbocycles. The molecule has 1 heterocycles. The molecule has 1 nitrogen and oxygen atoms in total. The molecule has 0 N–H and O–H groups in total. The van der Waals surface area contributed by atoms with E-state index in [1.54, 1.807) is 0 Å². The van der Waals surface area contributed by atoms with E-state index in [0.29, 0.717) is 0 Å². The molecule has 2 aromatic carbocycles. The molecular formula is C18H18OSi. The fourth-order valence-corrected chi connectivity index (χ4v) is 6.10. The van der Waals surface area contributed by atoms with E-state index < -0.39 is 8.07 Å². The summed E-state index contributed by atoms with van der Waals surface area (Å²) in [6.07, 6.45) is 0. The molecule has 2 heteroatoms. The third-order valence-corrected chi connectivity index (χ3v) is 8.17. The molecule has 0 saturated heterocycles. The van der Waals surface area contributed by atoms with Crippen molar-refractivity contribution in [3.63, 3.8) is 0 Å². The summed E-state index contributed by atoms with van der Waals surface area (Å²) < 4.78 is 6.02. The van der Waals surface area contributed by atoms with E-state index in [-0.39, 0.29) is 0 Å². The van der Waals surface area contributed by atoms with Crippen LogP contribution in [0.2, 0.25) is 6.55 Å². The second kappa shape index (κ2) is 5.14. The van der Waals surface area contributed by atoms with Crippen LogP contribution in [0.25, 0.3) is 0 Å². The second-order valence-corrected chi connectivity index (χ2v) is 9.16. The van der Waals surface area contributed by atoms with Gasteiger partial charge < -0.3 is 4.42 Å². The largest absolute Gasteiger partial charge is 0.471 e. The molecule has 0 spiro atoms. The van der Waals surface area contributed by atoms with Crippen LogP contribution in [-0.2, 0) is 0 Å². The van der Waals surface area contributed by atoms with Crippen molar-refractivity contribution in [2.75, 3.05) is 0 Å². The maximum Gasteiger partial charge on any atom is 0.190 e. The molecule has 0 amide bonds. The van der Waals surface area contributed by atoms with Crippen molar-refractivity contribution < 1.29 is 4.42 Å². The van der Waals surface area contributed by atoms with Crippen LogP contribution in [0.15, 0.2) is 77.2 Å². The molecule has 0 unspecified atom stereocenters. The molecule has 3 aromatic rings. The first-order valence-corrected chi connectivity index (χ1v) is 9.39. The fraction of sp³-hybridized carbons (Fsp3) is 0.111. The van der Waals surface area contributed by atoms with E-state index in [0.717, 1.165) is 11.1 Å². The Bertz CT molecular complexity index is 646. The summed E-state index contributed by atoms with van der Waals surface area (Å²) in [5, 5.41) is 3.87. The van der Waals surface area contributed by atoms with Crippen molar-refractivity contribution in [3.05, 3.63) is 78.6 Å². The van der Waals surface area contributed by atoms with Gasteiger partial charge in [0.1, 0.15) is 0 Å². The van der Waals surface area contributed by atoms with Crippen molar-refractivity contribution in [1.29, 1.82) is 0 Å². The van der Waals surface area contributed by atoms with Crippen LogP contribution in [0.1, 0.15) is 5.76 Å². The molecule has 0 radical (unpaired) electrons. The molecule has 20 heavy (non-hydrogen) atoms. The maximum atomic E-state index is 6.02. The highest BCUT2D eigenvalue weighted by Gasteiger charge is 2.37. The van der Waals surface area contributed by atoms with E-state index in [1.807, 2.05) is 6.92 Å². The van der Waals surface area contributed by atoms with Crippen LogP contribution >= 0.6 is 0 Å². The molecule has 0 bridgehead atoms. The monoisotopic (exact) mass is 278 g/mol. The van der Waals surface area contributed by atoms with Crippen molar-refractivity contribution >= 4 is 23.8 Å². The predicted octanol–water partition coefficient (Wildman–Crippen LogP) is 2.69. The number of aryl methyl sites for hydroxylation is 1. The summed E-state index contributed by atoms with van der Waals surface area (Å²) in [5.74, 6) is 0.977. The van der Waals surface area contributed by atoms with Crippen molar-refractivity contribution in [1.82, 2.24) is 0 Å². The highest BCUT2D eigenvalue weighted by Crippen LogP contribution is 2.09. The topological polar surface area (TPSA) is 13.1 Å². The van der Waals surface area contributed by atoms with Gasteiger partial charge in [-0.25, -0.2) is 0 Å². The Hall–Kier alpha value is -2.06. The van der Waals surface area contributed by atoms with Gasteiger partial charge in [-0.05, 0) is 29.4 Å². The Morgan fingerprint density at radius 3 is 1.60 bits per heavy atom. The summed E-state index contributed by atoms with van der Waals surface area (Å²) in [6.45, 7) is 4.37. The Balaban J connectivity index is 2.23. The average molecular weight is 278 g/mol. The third-order valence-electron chi connectivity index (χ3n) is 3.94. The highest BCUT2D eigenvalue weighted by molar-refractivity contribution is 7.10. The quantitative estimate of drug-likeness (QED) is 0.671. The summed E-state index contributed by atoms with van der Waals surface area (Å²) in [6, 6.07) is 25.7. The standard InChI is InChI=1S/C18H18OSi/c1-15-13-14-18(19-15)20(2,16-9-5-3-6-10-16)17-11-7-4-8-12-17/h3-14H,1-2H3. The van der Waals surface area contributed by atoms with Gasteiger partial charge in [0.05, 0.1) is 11.1 Å². The van der Waals surface area contributed by atoms with E-state index in [2.05, 4.69) is 79.3 Å². The Labute approximate surface area is 120 Å². The molecule has 0 aliphatic carbocycles. The lowest BCUT2D eigenvalue weighted by Gasteiger charge is -2.26. The van der Waals surface area contributed by atoms with Gasteiger partial charge in [-0.15, -0.1) is 0 Å². The zero-order valence-corrected chi connectivity index (χ0v) is 12.8. The molecule has 3 rings (SSSR count). The lowest BCUT2D eigenvalue weighted by Crippen LogP contribution is -2.64. The number of furan rings is 1. The normalized spacial score (nSPS) is 11.5. The van der Waals surface area contributed by atoms with Crippen LogP contribution in [0.5, 0.6) is 0 Å². The Morgan fingerprint density at radius 2 is 1.20 bits per heavy atom. The van der Waals surface area contributed by atoms with Crippen molar-refractivity contribution in [2.24, 2.45) is 0 Å². The maximum absolute atomic E-state index is 6.02. The number of rotatable bonds is 3. The van der Waals surface area contributed by atoms with Gasteiger partial charge in [-0.1, -0.05) is 67.2 Å². The van der Waals surface area contributed by atoms with Gasteiger partial charge in [-0.3, -0.25) is 0 Å². The average Bonchev–Trinajstić information content (AvgIpc) is 2.95. The second-order valence-electron chi connectivity index (χ2n) is 5.27. The molecular weight excluding hydrogens is 260 g/mol. The molecule has 0 atom stereocenters. The molecule has 1 aromatic heterocycles. The van der Waals surface area contributed by atoms with E-state index in [9.17, 15) is 0 Å². The molecule has 100 valence electrons. The number of benzene rings is 2. The van der Waals surface area contributed by atoms with Crippen molar-refractivity contribution in [2.45, 2.75) is 13.5 Å². The molecule has 0 fully saturated rings. The predicted molar refractivity (Wildman–Crippen MR) is 86.8 cm³/mol. The van der Waals surface area contributed by atoms with Gasteiger partial charge in [0.2, 0.25) is 0 Å². The zero-order valence-electron chi connectivity index (χ0n) is 11.8. The van der Waals surface area contributed by atoms with Crippen molar-refractivity contribution in [3.8, 4) is 0 Å². The summed E-state index contributed by atoms with van der Waals surface area (Å²) >= 11 is 0. The molecule has 0 aliphatic rings. The minimum absolute atomic E-state index is 0.977. The van der Waals surface area contributed by atoms with Gasteiger partial charge >= 0.3 is 0 Å². The van der Waals surface area contributed by atoms with Gasteiger partial charge in [0.25, 0.3) is 0 Å². The Morgan fingerprint density at radius 1 is 0.700 bits per heavy atom. The first-order valence-electron chi connectivity index (χ1n) is 6.89. The Kier molecular flexibility index (Phi) is 3.33. The minimum Gasteiger partial charge on any atom is -0.471 e. The van der Waals surface area contributed by atoms with E-state index in [4.69, 9.17) is 4.42 Å². The van der Waals surface area contributed by atoms with Gasteiger partial charge in [0.15, 0.2) is 8.07 Å². The summed E-state index contributed by atoms with van der Waals surface area (Å²) in [5.41, 5.74) is 0. The lowest BCUT2D eigenvalue weighted by molar-refractivity contribution is 0.563. The number of hydrogen-bond donors (Lipinski definition) is 0. The van der Waals surface area contributed by atoms with Crippen LogP contribution in [0, 0.1) is 6.92 Å². The van der Waals surface area contributed by atoms with Gasteiger partial charge in [-0.2, -0.15) is 0 Å². The van der Waals surface area contributed by atoms with Crippen LogP contribution < -0.4 is 15.8 Å². The number of hydrogen-bond acceptors (Lipinski definition) is 1. The summed E-state index contributed by atoms with van der Waals surface area (Å²) in [4.78, 5) is 0. The zero-order chi connectivity index (χ0) is 14.0. The van der Waals surface area contributed by atoms with Crippen LogP contribution in [0.3, 0.4) is 0 Å². The lowest BCUT2D eigenvalue weighted by atomic mass is 10.4. The highest BCUT2D eigenvalue weighted by atomic mass is 28.3. The van der Waals surface area contributed by atoms with Crippen LogP contribution in [-0.4, -0.2) is 8.07 Å². The third kappa shape index (κ3) is 2.12. The smallest absolute Gasteiger partial charge is 0.190 e. The minimum atomic E-state index is -2.02. The SMILES string of the molecule is Cc1ccc([Si](C)(c2ccccc2)c2ccccc2)o1. The first kappa shape index (κ1) is 12.9. The first-order chi connectivity index (χ1) is 9.71. The summed E-state index contributed by atoms with van der Waals surface area (Å²) in [7, 11) is -2.02. The van der Waals surface area contributed by atoms with Crippen LogP contribution in [0.4, 0.5) is 0 Å². The fourth-order valence-electron chi connectivity index (χ4n) is 2.70. The molecule has 0 aliphatic heterocycles. The van der Waals surface area contributed by atoms with Gasteiger partial charge in [0, 0.05) is 0 Å². The van der Waals surface area contributed by atoms with E-state index >= 15 is 0 Å².